The van der Waals surface area contributed by atoms with Gasteiger partial charge in [0.2, 0.25) is 5.91 Å². The van der Waals surface area contributed by atoms with Crippen LogP contribution >= 0.6 is 11.6 Å². The maximum Gasteiger partial charge on any atom is 0.305 e. The molecule has 1 aromatic carbocycles. The van der Waals surface area contributed by atoms with E-state index in [9.17, 15) is 9.59 Å². The Hall–Kier alpha value is -1.59. The highest BCUT2D eigenvalue weighted by atomic mass is 35.5. The zero-order valence-electron chi connectivity index (χ0n) is 11.7. The fraction of sp³-hybridized carbons (Fsp3) is 0.467. The number of carbonyl (C=O) groups is 2. The van der Waals surface area contributed by atoms with Gasteiger partial charge in [-0.25, -0.2) is 0 Å². The molecule has 21 heavy (non-hydrogen) atoms. The Kier molecular flexibility index (Phi) is 5.20. The van der Waals surface area contributed by atoms with Gasteiger partial charge < -0.3 is 15.2 Å². The Labute approximate surface area is 128 Å². The van der Waals surface area contributed by atoms with Gasteiger partial charge in [-0.3, -0.25) is 9.59 Å². The van der Waals surface area contributed by atoms with Crippen LogP contribution in [-0.2, 0) is 14.3 Å². The number of carboxylic acids is 1. The predicted molar refractivity (Wildman–Crippen MR) is 78.2 cm³/mol. The van der Waals surface area contributed by atoms with Crippen LogP contribution in [0.25, 0.3) is 0 Å². The highest BCUT2D eigenvalue weighted by molar-refractivity contribution is 6.30. The predicted octanol–water partition coefficient (Wildman–Crippen LogP) is 2.54. The molecule has 0 bridgehead atoms. The zero-order valence-corrected chi connectivity index (χ0v) is 12.5. The van der Waals surface area contributed by atoms with Crippen LogP contribution in [0.2, 0.25) is 5.02 Å². The van der Waals surface area contributed by atoms with Crippen LogP contribution in [0.5, 0.6) is 0 Å². The number of hydrogen-bond acceptors (Lipinski definition) is 3. The lowest BCUT2D eigenvalue weighted by molar-refractivity contribution is -0.138. The van der Waals surface area contributed by atoms with Crippen LogP contribution in [0.4, 0.5) is 0 Å². The van der Waals surface area contributed by atoms with Crippen LogP contribution in [0.3, 0.4) is 0 Å². The van der Waals surface area contributed by atoms with E-state index in [1.54, 1.807) is 24.3 Å². The topological polar surface area (TPSA) is 75.6 Å². The molecule has 1 amide bonds. The van der Waals surface area contributed by atoms with Crippen LogP contribution < -0.4 is 5.32 Å². The van der Waals surface area contributed by atoms with Gasteiger partial charge in [0, 0.05) is 5.02 Å². The van der Waals surface area contributed by atoms with Crippen molar-refractivity contribution in [2.24, 2.45) is 0 Å². The smallest absolute Gasteiger partial charge is 0.305 e. The molecule has 1 heterocycles. The summed E-state index contributed by atoms with van der Waals surface area (Å²) in [7, 11) is 0. The van der Waals surface area contributed by atoms with E-state index in [1.165, 1.54) is 0 Å². The first-order valence-corrected chi connectivity index (χ1v) is 7.26. The lowest BCUT2D eigenvalue weighted by Gasteiger charge is -2.20. The molecular weight excluding hydrogens is 294 g/mol. The van der Waals surface area contributed by atoms with Gasteiger partial charge in [-0.15, -0.1) is 0 Å². The molecule has 1 saturated heterocycles. The summed E-state index contributed by atoms with van der Waals surface area (Å²) in [5.74, 6) is -1.24. The van der Waals surface area contributed by atoms with Crippen molar-refractivity contribution in [1.29, 1.82) is 0 Å². The third-order valence-electron chi connectivity index (χ3n) is 3.49. The van der Waals surface area contributed by atoms with E-state index in [0.717, 1.165) is 6.42 Å². The second-order valence-electron chi connectivity index (χ2n) is 5.22. The van der Waals surface area contributed by atoms with Crippen LogP contribution in [0.1, 0.15) is 37.8 Å². The monoisotopic (exact) mass is 311 g/mol. The van der Waals surface area contributed by atoms with Crippen LogP contribution in [0, 0.1) is 0 Å². The first-order valence-electron chi connectivity index (χ1n) is 6.89. The number of ether oxygens (including phenoxy) is 1. The average Bonchev–Trinajstić information content (AvgIpc) is 2.85. The fourth-order valence-corrected chi connectivity index (χ4v) is 2.51. The van der Waals surface area contributed by atoms with E-state index in [-0.39, 0.29) is 18.4 Å². The van der Waals surface area contributed by atoms with Crippen molar-refractivity contribution < 1.29 is 19.4 Å². The molecule has 0 aliphatic carbocycles. The summed E-state index contributed by atoms with van der Waals surface area (Å²) < 4.78 is 5.50. The molecule has 114 valence electrons. The molecule has 0 spiro atoms. The van der Waals surface area contributed by atoms with Gasteiger partial charge in [-0.05, 0) is 37.5 Å². The highest BCUT2D eigenvalue weighted by Gasteiger charge is 2.30. The number of halogens is 1. The van der Waals surface area contributed by atoms with Crippen molar-refractivity contribution in [3.63, 3.8) is 0 Å². The summed E-state index contributed by atoms with van der Waals surface area (Å²) in [6, 6.07) is 6.19. The maximum atomic E-state index is 12.2. The summed E-state index contributed by atoms with van der Waals surface area (Å²) in [6.07, 6.45) is 0.879. The van der Waals surface area contributed by atoms with Crippen molar-refractivity contribution in [2.45, 2.75) is 44.4 Å². The summed E-state index contributed by atoms with van der Waals surface area (Å²) in [5.41, 5.74) is 0.709. The molecule has 6 heteroatoms. The molecule has 3 atom stereocenters. The first-order chi connectivity index (χ1) is 9.95. The molecular formula is C15H18ClNO4. The number of benzene rings is 1. The SMILES string of the molecule is CC1CCC(C(=O)N[C@@H](CC(=O)O)c2ccc(Cl)cc2)O1. The van der Waals surface area contributed by atoms with E-state index in [0.29, 0.717) is 17.0 Å². The lowest BCUT2D eigenvalue weighted by atomic mass is 10.0. The lowest BCUT2D eigenvalue weighted by Crippen LogP contribution is -2.38. The van der Waals surface area contributed by atoms with Crippen molar-refractivity contribution in [1.82, 2.24) is 5.32 Å². The summed E-state index contributed by atoms with van der Waals surface area (Å²) in [4.78, 5) is 23.2. The minimum absolute atomic E-state index is 0.0641. The molecule has 1 aromatic rings. The number of amides is 1. The van der Waals surface area contributed by atoms with Crippen molar-refractivity contribution in [2.75, 3.05) is 0 Å². The van der Waals surface area contributed by atoms with Crippen molar-refractivity contribution in [3.05, 3.63) is 34.9 Å². The summed E-state index contributed by atoms with van der Waals surface area (Å²) in [6.45, 7) is 1.92. The quantitative estimate of drug-likeness (QED) is 0.876. The number of rotatable bonds is 5. The Morgan fingerprint density at radius 1 is 1.38 bits per heavy atom. The molecule has 1 fully saturated rings. The molecule has 2 rings (SSSR count). The Morgan fingerprint density at radius 3 is 2.57 bits per heavy atom. The largest absolute Gasteiger partial charge is 0.481 e. The molecule has 1 aliphatic heterocycles. The molecule has 2 unspecified atom stereocenters. The molecule has 0 aromatic heterocycles. The fourth-order valence-electron chi connectivity index (χ4n) is 2.38. The van der Waals surface area contributed by atoms with Gasteiger partial charge in [-0.1, -0.05) is 23.7 Å². The Bertz CT molecular complexity index is 517. The molecule has 0 saturated carbocycles. The molecule has 2 N–H and O–H groups in total. The minimum Gasteiger partial charge on any atom is -0.481 e. The van der Waals surface area contributed by atoms with Crippen molar-refractivity contribution in [3.8, 4) is 0 Å². The van der Waals surface area contributed by atoms with Crippen LogP contribution in [0.15, 0.2) is 24.3 Å². The van der Waals surface area contributed by atoms with E-state index in [1.807, 2.05) is 6.92 Å². The Balaban J connectivity index is 2.07. The summed E-state index contributed by atoms with van der Waals surface area (Å²) in [5, 5.41) is 12.3. The summed E-state index contributed by atoms with van der Waals surface area (Å²) >= 11 is 5.82. The van der Waals surface area contributed by atoms with Gasteiger partial charge in [-0.2, -0.15) is 0 Å². The van der Waals surface area contributed by atoms with E-state index >= 15 is 0 Å². The third-order valence-corrected chi connectivity index (χ3v) is 3.74. The van der Waals surface area contributed by atoms with Gasteiger partial charge in [0.1, 0.15) is 6.10 Å². The number of hydrogen-bond donors (Lipinski definition) is 2. The van der Waals surface area contributed by atoms with Gasteiger partial charge in [0.15, 0.2) is 0 Å². The zero-order chi connectivity index (χ0) is 15.4. The first kappa shape index (κ1) is 15.8. The van der Waals surface area contributed by atoms with Gasteiger partial charge >= 0.3 is 5.97 Å². The molecule has 1 aliphatic rings. The van der Waals surface area contributed by atoms with E-state index in [2.05, 4.69) is 5.32 Å². The molecule has 5 nitrogen and oxygen atoms in total. The van der Waals surface area contributed by atoms with Crippen molar-refractivity contribution >= 4 is 23.5 Å². The number of carbonyl (C=O) groups excluding carboxylic acids is 1. The normalized spacial score (nSPS) is 22.8. The number of nitrogens with one attached hydrogen (secondary N) is 1. The van der Waals surface area contributed by atoms with Gasteiger partial charge in [0.05, 0.1) is 18.6 Å². The molecule has 0 radical (unpaired) electrons. The Morgan fingerprint density at radius 2 is 2.05 bits per heavy atom. The number of aliphatic carboxylic acids is 1. The second kappa shape index (κ2) is 6.91. The van der Waals surface area contributed by atoms with Crippen LogP contribution in [-0.4, -0.2) is 29.2 Å². The van der Waals surface area contributed by atoms with E-state index < -0.39 is 18.1 Å². The maximum absolute atomic E-state index is 12.2. The minimum atomic E-state index is -0.976. The van der Waals surface area contributed by atoms with Gasteiger partial charge in [0.25, 0.3) is 0 Å². The number of carboxylic acid groups (broad SMARTS) is 1. The van der Waals surface area contributed by atoms with E-state index in [4.69, 9.17) is 21.4 Å². The third kappa shape index (κ3) is 4.44. The average molecular weight is 312 g/mol. The second-order valence-corrected chi connectivity index (χ2v) is 5.66. The highest BCUT2D eigenvalue weighted by Crippen LogP contribution is 2.23. The standard InChI is InChI=1S/C15H18ClNO4/c1-9-2-7-13(21-9)15(20)17-12(8-14(18)19)10-3-5-11(16)6-4-10/h3-6,9,12-13H,2,7-8H2,1H3,(H,17,20)(H,18,19)/t9?,12-,13?/m0/s1.